The molecule has 2 rings (SSSR count). The molecule has 0 aliphatic rings. The van der Waals surface area contributed by atoms with Gasteiger partial charge in [-0.3, -0.25) is 8.57 Å². The number of hydrogen-bond donors (Lipinski definition) is 1. The Morgan fingerprint density at radius 2 is 1.07 bits per heavy atom. The van der Waals surface area contributed by atoms with Gasteiger partial charge in [0.15, 0.2) is 11.4 Å². The van der Waals surface area contributed by atoms with Crippen molar-refractivity contribution in [1.29, 1.82) is 0 Å². The average Bonchev–Trinajstić information content (AvgIpc) is 2.83. The monoisotopic (exact) mass is 646 g/mol. The highest BCUT2D eigenvalue weighted by molar-refractivity contribution is 7.87. The van der Waals surface area contributed by atoms with Crippen molar-refractivity contribution in [1.82, 2.24) is 0 Å². The van der Waals surface area contributed by atoms with Crippen molar-refractivity contribution in [2.24, 2.45) is 10.3 Å². The van der Waals surface area contributed by atoms with Crippen molar-refractivity contribution in [3.63, 3.8) is 0 Å². The van der Waals surface area contributed by atoms with Gasteiger partial charge in [0.1, 0.15) is 11.5 Å². The van der Waals surface area contributed by atoms with E-state index in [1.807, 2.05) is 0 Å². The van der Waals surface area contributed by atoms with Crippen molar-refractivity contribution >= 4 is 32.5 Å². The van der Waals surface area contributed by atoms with E-state index in [1.54, 1.807) is 0 Å². The number of oxime groups is 2. The number of ether oxygens (including phenoxy) is 2. The maximum absolute atomic E-state index is 13.2. The lowest BCUT2D eigenvalue weighted by molar-refractivity contribution is -0.0634. The fourth-order valence-corrected chi connectivity index (χ4v) is 3.00. The number of alkyl halides is 9. The average molecular weight is 646 g/mol. The van der Waals surface area contributed by atoms with Crippen LogP contribution in [-0.2, 0) is 29.7 Å². The predicted molar refractivity (Wildman–Crippen MR) is 121 cm³/mol. The van der Waals surface area contributed by atoms with Crippen LogP contribution in [0.15, 0.2) is 58.8 Å². The van der Waals surface area contributed by atoms with Crippen molar-refractivity contribution in [2.45, 2.75) is 24.3 Å². The number of nitrogens with zero attached hydrogens (tertiary/aromatic N) is 2. The first-order chi connectivity index (χ1) is 18.8. The Morgan fingerprint density at radius 1 is 0.683 bits per heavy atom. The van der Waals surface area contributed by atoms with E-state index in [0.29, 0.717) is 0 Å². The molecule has 0 amide bonds. The van der Waals surface area contributed by atoms with Gasteiger partial charge in [-0.05, 0) is 48.5 Å². The minimum Gasteiger partial charge on any atom is -0.493 e. The van der Waals surface area contributed by atoms with Crippen LogP contribution in [-0.4, -0.2) is 59.3 Å². The van der Waals surface area contributed by atoms with Crippen LogP contribution in [0.5, 0.6) is 11.5 Å². The van der Waals surface area contributed by atoms with Gasteiger partial charge in [-0.1, -0.05) is 10.3 Å². The minimum absolute atomic E-state index is 0.00414. The van der Waals surface area contributed by atoms with Crippen molar-refractivity contribution < 1.29 is 74.4 Å². The summed E-state index contributed by atoms with van der Waals surface area (Å²) in [5.41, 5.74) is -11.0. The molecule has 21 heteroatoms. The molecular formula is C20H15F9N2O8S2. The molecule has 0 bridgehead atoms. The van der Waals surface area contributed by atoms with Gasteiger partial charge >= 0.3 is 39.0 Å². The quantitative estimate of drug-likeness (QED) is 0.0893. The summed E-state index contributed by atoms with van der Waals surface area (Å²) in [6.07, 6.45) is -10.2. The maximum atomic E-state index is 13.2. The summed E-state index contributed by atoms with van der Waals surface area (Å²) in [5.74, 6) is 0.119. The van der Waals surface area contributed by atoms with Crippen LogP contribution in [0, 0.1) is 0 Å². The molecule has 0 heterocycles. The Morgan fingerprint density at radius 3 is 1.41 bits per heavy atom. The zero-order valence-corrected chi connectivity index (χ0v) is 21.4. The van der Waals surface area contributed by atoms with Crippen LogP contribution in [0.1, 0.15) is 17.5 Å². The third-order valence-corrected chi connectivity index (χ3v) is 5.38. The highest BCUT2D eigenvalue weighted by atomic mass is 32.2. The first-order valence-corrected chi connectivity index (χ1v) is 12.9. The van der Waals surface area contributed by atoms with Crippen LogP contribution < -0.4 is 9.47 Å². The van der Waals surface area contributed by atoms with Crippen molar-refractivity contribution in [3.05, 3.63) is 59.7 Å². The van der Waals surface area contributed by atoms with Crippen LogP contribution in [0.4, 0.5) is 39.5 Å². The molecule has 2 aromatic rings. The third kappa shape index (κ3) is 10.3. The van der Waals surface area contributed by atoms with Gasteiger partial charge in [0.05, 0.1) is 13.2 Å². The van der Waals surface area contributed by atoms with Crippen LogP contribution >= 0.6 is 0 Å². The normalized spacial score (nSPS) is 13.7. The topological polar surface area (TPSA) is 130 Å². The molecule has 0 unspecified atom stereocenters. The molecule has 228 valence electrons. The van der Waals surface area contributed by atoms with E-state index in [0.717, 1.165) is 48.5 Å². The van der Waals surface area contributed by atoms with E-state index < -0.39 is 61.5 Å². The predicted octanol–water partition coefficient (Wildman–Crippen LogP) is 4.48. The lowest BCUT2D eigenvalue weighted by Crippen LogP contribution is -2.28. The van der Waals surface area contributed by atoms with Gasteiger partial charge in [0.25, 0.3) is 0 Å². The number of thiol groups is 1. The zero-order valence-electron chi connectivity index (χ0n) is 19.7. The Kier molecular flexibility index (Phi) is 10.8. The molecule has 0 spiro atoms. The van der Waals surface area contributed by atoms with Gasteiger partial charge in [-0.15, -0.1) is 0 Å². The fraction of sp³-hybridized carbons (Fsp3) is 0.300. The maximum Gasteiger partial charge on any atom is 0.536 e. The standard InChI is InChI=1S/C20H15F9N2O8S2/c21-18(22,23)16(30-38-40(32)33)12-2-6-14(7-3-12)36-10-1-11-37-15-8-4-13(5-9-15)17(19(24,25)26)31-39-41(34,35)20(27,28)29/h2-9,40H,1,10-11H2/b30-16-,31-17-. The Balaban J connectivity index is 1.94. The first kappa shape index (κ1) is 33.5. The van der Waals surface area contributed by atoms with Crippen molar-refractivity contribution in [3.8, 4) is 11.5 Å². The summed E-state index contributed by atoms with van der Waals surface area (Å²) >= 11 is 0. The molecule has 10 nitrogen and oxygen atoms in total. The molecule has 2 aromatic carbocycles. The largest absolute Gasteiger partial charge is 0.536 e. The smallest absolute Gasteiger partial charge is 0.493 e. The molecule has 0 radical (unpaired) electrons. The fourth-order valence-electron chi connectivity index (χ4n) is 2.60. The van der Waals surface area contributed by atoms with E-state index in [9.17, 15) is 56.3 Å². The number of benzene rings is 2. The second kappa shape index (κ2) is 13.3. The van der Waals surface area contributed by atoms with E-state index in [-0.39, 0.29) is 31.1 Å². The summed E-state index contributed by atoms with van der Waals surface area (Å²) in [5, 5.41) is 4.69. The SMILES string of the molecule is O=[SH](=O)O/N=C(/c1ccc(OCCCOc2ccc(/C(=N/OS(=O)(=O)C(F)(F)F)C(F)(F)F)cc2)cc1)C(F)(F)F. The summed E-state index contributed by atoms with van der Waals surface area (Å²) in [6, 6.07) is 7.62. The van der Waals surface area contributed by atoms with Gasteiger partial charge < -0.3 is 9.47 Å². The highest BCUT2D eigenvalue weighted by Gasteiger charge is 2.50. The molecule has 0 aromatic heterocycles. The van der Waals surface area contributed by atoms with Gasteiger partial charge in [0, 0.05) is 17.5 Å². The van der Waals surface area contributed by atoms with E-state index in [2.05, 4.69) is 18.9 Å². The third-order valence-electron chi connectivity index (χ3n) is 4.33. The van der Waals surface area contributed by atoms with Gasteiger partial charge in [-0.2, -0.15) is 56.3 Å². The molecule has 0 atom stereocenters. The summed E-state index contributed by atoms with van der Waals surface area (Å²) in [6.45, 7) is -0.104. The molecular weight excluding hydrogens is 631 g/mol. The Bertz CT molecular complexity index is 1410. The lowest BCUT2D eigenvalue weighted by atomic mass is 10.1. The van der Waals surface area contributed by atoms with Crippen molar-refractivity contribution in [2.75, 3.05) is 13.2 Å². The molecule has 0 aliphatic carbocycles. The summed E-state index contributed by atoms with van der Waals surface area (Å²) in [4.78, 5) is 0. The number of hydrogen-bond acceptors (Lipinski definition) is 10. The van der Waals surface area contributed by atoms with Crippen LogP contribution in [0.3, 0.4) is 0 Å². The minimum atomic E-state index is -6.42. The summed E-state index contributed by atoms with van der Waals surface area (Å²) in [7, 11) is -10.1. The molecule has 41 heavy (non-hydrogen) atoms. The molecule has 0 saturated carbocycles. The summed E-state index contributed by atoms with van der Waals surface area (Å²) < 4.78 is 175. The molecule has 0 aliphatic heterocycles. The molecule has 0 saturated heterocycles. The van der Waals surface area contributed by atoms with E-state index >= 15 is 0 Å². The number of halogens is 9. The van der Waals surface area contributed by atoms with E-state index in [1.165, 1.54) is 0 Å². The second-order valence-corrected chi connectivity index (χ2v) is 9.38. The van der Waals surface area contributed by atoms with Gasteiger partial charge in [-0.25, -0.2) is 0 Å². The Hall–Kier alpha value is -3.75. The van der Waals surface area contributed by atoms with Crippen LogP contribution in [0.25, 0.3) is 0 Å². The van der Waals surface area contributed by atoms with Crippen LogP contribution in [0.2, 0.25) is 0 Å². The molecule has 0 fully saturated rings. The molecule has 0 N–H and O–H groups in total. The lowest BCUT2D eigenvalue weighted by Gasteiger charge is -2.12. The first-order valence-electron chi connectivity index (χ1n) is 10.4. The Labute approximate surface area is 226 Å². The van der Waals surface area contributed by atoms with Gasteiger partial charge in [0.2, 0.25) is 0 Å². The second-order valence-electron chi connectivity index (χ2n) is 7.25. The highest BCUT2D eigenvalue weighted by Crippen LogP contribution is 2.28. The van der Waals surface area contributed by atoms with E-state index in [4.69, 9.17) is 9.47 Å². The number of rotatable bonds is 12. The zero-order chi connectivity index (χ0) is 31.1.